The molecule has 1 aromatic heterocycles. The van der Waals surface area contributed by atoms with Gasteiger partial charge >= 0.3 is 0 Å². The second-order valence-corrected chi connectivity index (χ2v) is 8.79. The smallest absolute Gasteiger partial charge is 0.261 e. The molecule has 1 atom stereocenters. The van der Waals surface area contributed by atoms with E-state index in [4.69, 9.17) is 26.1 Å². The van der Waals surface area contributed by atoms with Gasteiger partial charge in [0.2, 0.25) is 5.13 Å². The molecular formula is C23H25ClN4O3S. The van der Waals surface area contributed by atoms with Crippen molar-refractivity contribution in [3.63, 3.8) is 0 Å². The lowest BCUT2D eigenvalue weighted by Gasteiger charge is -2.39. The van der Waals surface area contributed by atoms with Crippen LogP contribution in [0.3, 0.4) is 0 Å². The van der Waals surface area contributed by atoms with E-state index >= 15 is 0 Å². The number of benzene rings is 2. The van der Waals surface area contributed by atoms with Crippen LogP contribution in [0.25, 0.3) is 0 Å². The van der Waals surface area contributed by atoms with Gasteiger partial charge in [-0.05, 0) is 36.8 Å². The van der Waals surface area contributed by atoms with E-state index in [9.17, 15) is 4.79 Å². The minimum absolute atomic E-state index is 0.00511. The maximum absolute atomic E-state index is 13.4. The summed E-state index contributed by atoms with van der Waals surface area (Å²) in [6.07, 6.45) is 0.662. The number of aromatic nitrogens is 2. The van der Waals surface area contributed by atoms with Crippen molar-refractivity contribution in [3.05, 3.63) is 64.4 Å². The SMILES string of the molecule is COc1cccc(OC)c1C(=O)N1CCN(c2nc(Cc3ccc(Cl)cc3)ns2)CC1C. The van der Waals surface area contributed by atoms with Crippen molar-refractivity contribution < 1.29 is 14.3 Å². The van der Waals surface area contributed by atoms with Crippen LogP contribution in [-0.2, 0) is 6.42 Å². The van der Waals surface area contributed by atoms with Crippen molar-refractivity contribution in [2.75, 3.05) is 38.8 Å². The molecule has 7 nitrogen and oxygen atoms in total. The molecule has 168 valence electrons. The molecule has 1 aliphatic rings. The lowest BCUT2D eigenvalue weighted by atomic mass is 10.1. The molecule has 2 heterocycles. The van der Waals surface area contributed by atoms with Gasteiger partial charge in [0.15, 0.2) is 0 Å². The second-order valence-electron chi connectivity index (χ2n) is 7.63. The van der Waals surface area contributed by atoms with Crippen LogP contribution in [0.4, 0.5) is 5.13 Å². The van der Waals surface area contributed by atoms with Gasteiger partial charge in [-0.25, -0.2) is 4.98 Å². The van der Waals surface area contributed by atoms with Crippen molar-refractivity contribution in [2.24, 2.45) is 0 Å². The quantitative estimate of drug-likeness (QED) is 0.537. The molecule has 3 aromatic rings. The largest absolute Gasteiger partial charge is 0.496 e. The number of carbonyl (C=O) groups excluding carboxylic acids is 1. The highest BCUT2D eigenvalue weighted by Gasteiger charge is 2.32. The molecule has 0 saturated carbocycles. The minimum Gasteiger partial charge on any atom is -0.496 e. The first-order valence-corrected chi connectivity index (χ1v) is 11.5. The highest BCUT2D eigenvalue weighted by Crippen LogP contribution is 2.31. The summed E-state index contributed by atoms with van der Waals surface area (Å²) < 4.78 is 15.4. The molecule has 1 unspecified atom stereocenters. The average Bonchev–Trinajstić information content (AvgIpc) is 3.28. The molecule has 0 bridgehead atoms. The first kappa shape index (κ1) is 22.4. The Kier molecular flexibility index (Phi) is 6.81. The normalized spacial score (nSPS) is 16.2. The number of halogens is 1. The summed E-state index contributed by atoms with van der Waals surface area (Å²) >= 11 is 7.36. The van der Waals surface area contributed by atoms with Gasteiger partial charge in [0.05, 0.1) is 14.2 Å². The van der Waals surface area contributed by atoms with Gasteiger partial charge in [-0.3, -0.25) is 4.79 Å². The molecule has 1 aliphatic heterocycles. The van der Waals surface area contributed by atoms with Gasteiger partial charge in [0.1, 0.15) is 22.9 Å². The number of amides is 1. The van der Waals surface area contributed by atoms with Crippen LogP contribution < -0.4 is 14.4 Å². The van der Waals surface area contributed by atoms with E-state index in [2.05, 4.69) is 9.27 Å². The molecule has 0 N–H and O–H groups in total. The van der Waals surface area contributed by atoms with Gasteiger partial charge < -0.3 is 19.3 Å². The maximum atomic E-state index is 13.4. The third kappa shape index (κ3) is 4.66. The number of nitrogens with zero attached hydrogens (tertiary/aromatic N) is 4. The molecule has 1 fully saturated rings. The highest BCUT2D eigenvalue weighted by molar-refractivity contribution is 7.09. The summed E-state index contributed by atoms with van der Waals surface area (Å²) in [7, 11) is 3.12. The highest BCUT2D eigenvalue weighted by atomic mass is 35.5. The molecular weight excluding hydrogens is 448 g/mol. The van der Waals surface area contributed by atoms with Crippen molar-refractivity contribution >= 4 is 34.2 Å². The van der Waals surface area contributed by atoms with Crippen LogP contribution in [0.1, 0.15) is 28.7 Å². The van der Waals surface area contributed by atoms with Crippen molar-refractivity contribution in [2.45, 2.75) is 19.4 Å². The molecule has 9 heteroatoms. The van der Waals surface area contributed by atoms with E-state index in [1.54, 1.807) is 26.4 Å². The molecule has 32 heavy (non-hydrogen) atoms. The second kappa shape index (κ2) is 9.75. The Morgan fingerprint density at radius 2 is 1.81 bits per heavy atom. The van der Waals surface area contributed by atoms with Crippen LogP contribution in [0.2, 0.25) is 5.02 Å². The Balaban J connectivity index is 1.45. The van der Waals surface area contributed by atoms with Crippen molar-refractivity contribution in [1.82, 2.24) is 14.3 Å². The molecule has 4 rings (SSSR count). The summed E-state index contributed by atoms with van der Waals surface area (Å²) in [6, 6.07) is 13.1. The van der Waals surface area contributed by atoms with E-state index in [0.717, 1.165) is 16.5 Å². The van der Waals surface area contributed by atoms with E-state index in [1.807, 2.05) is 42.2 Å². The number of piperazine rings is 1. The Bertz CT molecular complexity index is 1070. The Labute approximate surface area is 196 Å². The van der Waals surface area contributed by atoms with E-state index in [-0.39, 0.29) is 11.9 Å². The van der Waals surface area contributed by atoms with Crippen LogP contribution in [-0.4, -0.2) is 60.1 Å². The number of ether oxygens (including phenoxy) is 2. The fourth-order valence-electron chi connectivity index (χ4n) is 3.87. The van der Waals surface area contributed by atoms with E-state index in [0.29, 0.717) is 48.1 Å². The monoisotopic (exact) mass is 472 g/mol. The van der Waals surface area contributed by atoms with Crippen molar-refractivity contribution in [3.8, 4) is 11.5 Å². The number of methoxy groups -OCH3 is 2. The Hall–Kier alpha value is -2.84. The summed E-state index contributed by atoms with van der Waals surface area (Å²) in [5.74, 6) is 1.73. The predicted octanol–water partition coefficient (Wildman–Crippen LogP) is 4.15. The van der Waals surface area contributed by atoms with Crippen LogP contribution in [0.15, 0.2) is 42.5 Å². The average molecular weight is 473 g/mol. The third-order valence-corrected chi connectivity index (χ3v) is 6.60. The third-order valence-electron chi connectivity index (χ3n) is 5.53. The number of rotatable bonds is 6. The maximum Gasteiger partial charge on any atom is 0.261 e. The van der Waals surface area contributed by atoms with E-state index < -0.39 is 0 Å². The molecule has 2 aromatic carbocycles. The fraction of sp³-hybridized carbons (Fsp3) is 0.348. The summed E-state index contributed by atoms with van der Waals surface area (Å²) in [4.78, 5) is 22.1. The van der Waals surface area contributed by atoms with Gasteiger partial charge in [-0.1, -0.05) is 29.8 Å². The van der Waals surface area contributed by atoms with Crippen LogP contribution in [0.5, 0.6) is 11.5 Å². The van der Waals surface area contributed by atoms with Crippen LogP contribution in [0, 0.1) is 0 Å². The molecule has 0 radical (unpaired) electrons. The number of carbonyl (C=O) groups is 1. The zero-order valence-electron chi connectivity index (χ0n) is 18.2. The number of hydrogen-bond acceptors (Lipinski definition) is 7. The van der Waals surface area contributed by atoms with Crippen LogP contribution >= 0.6 is 23.1 Å². The van der Waals surface area contributed by atoms with Crippen molar-refractivity contribution in [1.29, 1.82) is 0 Å². The Morgan fingerprint density at radius 1 is 1.12 bits per heavy atom. The first-order valence-electron chi connectivity index (χ1n) is 10.3. The standard InChI is InChI=1S/C23H25ClN4O3S/c1-15-14-27(23-25-20(26-32-23)13-16-7-9-17(24)10-8-16)11-12-28(15)22(29)21-18(30-2)5-4-6-19(21)31-3/h4-10,15H,11-14H2,1-3H3. The fourth-order valence-corrected chi connectivity index (χ4v) is 4.71. The van der Waals surface area contributed by atoms with E-state index in [1.165, 1.54) is 11.5 Å². The zero-order chi connectivity index (χ0) is 22.7. The zero-order valence-corrected chi connectivity index (χ0v) is 19.8. The molecule has 0 aliphatic carbocycles. The number of hydrogen-bond donors (Lipinski definition) is 0. The molecule has 1 saturated heterocycles. The lowest BCUT2D eigenvalue weighted by molar-refractivity contribution is 0.0667. The molecule has 1 amide bonds. The van der Waals surface area contributed by atoms with Gasteiger partial charge in [-0.2, -0.15) is 4.37 Å². The molecule has 0 spiro atoms. The summed E-state index contributed by atoms with van der Waals surface area (Å²) in [6.45, 7) is 3.98. The first-order chi connectivity index (χ1) is 15.5. The number of anilines is 1. The van der Waals surface area contributed by atoms with Gasteiger partial charge in [0.25, 0.3) is 5.91 Å². The topological polar surface area (TPSA) is 67.8 Å². The summed E-state index contributed by atoms with van der Waals surface area (Å²) in [5, 5.41) is 1.59. The lowest BCUT2D eigenvalue weighted by Crippen LogP contribution is -2.54. The predicted molar refractivity (Wildman–Crippen MR) is 126 cm³/mol. The summed E-state index contributed by atoms with van der Waals surface area (Å²) in [5.41, 5.74) is 1.58. The van der Waals surface area contributed by atoms with Gasteiger partial charge in [0, 0.05) is 48.7 Å². The minimum atomic E-state index is -0.0906. The Morgan fingerprint density at radius 3 is 2.44 bits per heavy atom. The van der Waals surface area contributed by atoms with Gasteiger partial charge in [-0.15, -0.1) is 0 Å².